The van der Waals surface area contributed by atoms with Gasteiger partial charge in [-0.15, -0.1) is 24.8 Å². The number of rotatable bonds is 10. The van der Waals surface area contributed by atoms with Gasteiger partial charge in [-0.05, 0) is 55.3 Å². The predicted octanol–water partition coefficient (Wildman–Crippen LogP) is 6.37. The van der Waals surface area contributed by atoms with E-state index in [1.165, 1.54) is 16.5 Å². The Bertz CT molecular complexity index is 1130. The maximum Gasteiger partial charge on any atom is 0.161 e. The Morgan fingerprint density at radius 3 is 2.58 bits per heavy atom. The molecule has 5 nitrogen and oxygen atoms in total. The van der Waals surface area contributed by atoms with Gasteiger partial charge < -0.3 is 19.8 Å². The van der Waals surface area contributed by atoms with Crippen molar-refractivity contribution < 1.29 is 9.47 Å². The van der Waals surface area contributed by atoms with Gasteiger partial charge in [-0.25, -0.2) is 4.98 Å². The molecule has 176 valence electrons. The Hall–Kier alpha value is -2.44. The standard InChI is InChI=1S/C25H26ClN3O2.2ClH/c1-2-30-24-13-18(7-9-23(24)31-17-19-8-10-25(26)29-15-19)14-27-12-11-20-16-28-22-6-4-3-5-21(20)22;;/h3-10,13,15-16,27-28H,2,11-12,14,17H2,1H3;2*1H. The number of para-hydroxylation sites is 1. The molecule has 0 aliphatic heterocycles. The van der Waals surface area contributed by atoms with Crippen LogP contribution in [0.4, 0.5) is 0 Å². The van der Waals surface area contributed by atoms with Gasteiger partial charge in [0.1, 0.15) is 11.8 Å². The molecule has 8 heteroatoms. The summed E-state index contributed by atoms with van der Waals surface area (Å²) in [6.07, 6.45) is 4.79. The van der Waals surface area contributed by atoms with Crippen LogP contribution < -0.4 is 14.8 Å². The van der Waals surface area contributed by atoms with Gasteiger partial charge in [0.15, 0.2) is 11.5 Å². The molecule has 2 aromatic heterocycles. The summed E-state index contributed by atoms with van der Waals surface area (Å²) in [5.41, 5.74) is 4.63. The Balaban J connectivity index is 0.00000193. The van der Waals surface area contributed by atoms with Crippen molar-refractivity contribution in [1.82, 2.24) is 15.3 Å². The van der Waals surface area contributed by atoms with Crippen LogP contribution in [-0.2, 0) is 19.6 Å². The van der Waals surface area contributed by atoms with Crippen LogP contribution in [0.2, 0.25) is 5.15 Å². The molecule has 4 aromatic rings. The number of benzene rings is 2. The average molecular weight is 509 g/mol. The zero-order valence-electron chi connectivity index (χ0n) is 18.3. The number of halogens is 3. The Labute approximate surface area is 211 Å². The molecule has 0 fully saturated rings. The van der Waals surface area contributed by atoms with Crippen molar-refractivity contribution in [2.45, 2.75) is 26.5 Å². The van der Waals surface area contributed by atoms with E-state index in [2.05, 4.69) is 51.8 Å². The van der Waals surface area contributed by atoms with Crippen molar-refractivity contribution in [2.75, 3.05) is 13.2 Å². The van der Waals surface area contributed by atoms with E-state index in [1.54, 1.807) is 12.3 Å². The van der Waals surface area contributed by atoms with Crippen LogP contribution in [0.5, 0.6) is 11.5 Å². The van der Waals surface area contributed by atoms with Crippen molar-refractivity contribution in [3.63, 3.8) is 0 Å². The summed E-state index contributed by atoms with van der Waals surface area (Å²) >= 11 is 5.84. The third-order valence-corrected chi connectivity index (χ3v) is 5.29. The lowest BCUT2D eigenvalue weighted by Gasteiger charge is -2.14. The van der Waals surface area contributed by atoms with E-state index >= 15 is 0 Å². The number of nitrogens with zero attached hydrogens (tertiary/aromatic N) is 1. The number of nitrogens with one attached hydrogen (secondary N) is 2. The molecule has 0 spiro atoms. The van der Waals surface area contributed by atoms with Crippen molar-refractivity contribution in [3.8, 4) is 11.5 Å². The van der Waals surface area contributed by atoms with Gasteiger partial charge >= 0.3 is 0 Å². The summed E-state index contributed by atoms with van der Waals surface area (Å²) in [6.45, 7) is 4.62. The minimum Gasteiger partial charge on any atom is -0.490 e. The largest absolute Gasteiger partial charge is 0.490 e. The summed E-state index contributed by atoms with van der Waals surface area (Å²) in [5, 5.41) is 5.29. The van der Waals surface area contributed by atoms with E-state index < -0.39 is 0 Å². The summed E-state index contributed by atoms with van der Waals surface area (Å²) in [6, 6.07) is 18.1. The summed E-state index contributed by atoms with van der Waals surface area (Å²) in [7, 11) is 0. The highest BCUT2D eigenvalue weighted by atomic mass is 35.5. The number of hydrogen-bond donors (Lipinski definition) is 2. The molecule has 33 heavy (non-hydrogen) atoms. The molecular formula is C25H28Cl3N3O2. The SMILES string of the molecule is CCOc1cc(CNCCc2c[nH]c3ccccc23)ccc1OCc1ccc(Cl)nc1.Cl.Cl. The summed E-state index contributed by atoms with van der Waals surface area (Å²) in [4.78, 5) is 7.42. The third kappa shape index (κ3) is 7.27. The van der Waals surface area contributed by atoms with Crippen LogP contribution >= 0.6 is 36.4 Å². The van der Waals surface area contributed by atoms with E-state index in [-0.39, 0.29) is 24.8 Å². The van der Waals surface area contributed by atoms with Crippen LogP contribution in [0.3, 0.4) is 0 Å². The van der Waals surface area contributed by atoms with E-state index in [0.29, 0.717) is 18.4 Å². The Morgan fingerprint density at radius 1 is 0.970 bits per heavy atom. The molecule has 0 atom stereocenters. The van der Waals surface area contributed by atoms with Gasteiger partial charge in [-0.2, -0.15) is 0 Å². The van der Waals surface area contributed by atoms with E-state index in [4.69, 9.17) is 21.1 Å². The number of pyridine rings is 1. The summed E-state index contributed by atoms with van der Waals surface area (Å²) < 4.78 is 11.8. The first kappa shape index (κ1) is 26.8. The first-order chi connectivity index (χ1) is 15.2. The zero-order chi connectivity index (χ0) is 21.5. The monoisotopic (exact) mass is 507 g/mol. The first-order valence-electron chi connectivity index (χ1n) is 10.5. The van der Waals surface area contributed by atoms with Crippen LogP contribution in [0.15, 0.2) is 67.0 Å². The van der Waals surface area contributed by atoms with Gasteiger partial charge in [-0.1, -0.05) is 41.9 Å². The molecule has 2 aromatic carbocycles. The van der Waals surface area contributed by atoms with Crippen molar-refractivity contribution in [2.24, 2.45) is 0 Å². The minimum atomic E-state index is 0. The molecule has 0 saturated heterocycles. The molecule has 0 amide bonds. The lowest BCUT2D eigenvalue weighted by atomic mass is 10.1. The molecule has 0 unspecified atom stereocenters. The van der Waals surface area contributed by atoms with E-state index in [1.807, 2.05) is 25.1 Å². The van der Waals surface area contributed by atoms with E-state index in [9.17, 15) is 0 Å². The molecule has 0 saturated carbocycles. The normalized spacial score (nSPS) is 10.4. The molecule has 0 aliphatic carbocycles. The van der Waals surface area contributed by atoms with Crippen LogP contribution in [0, 0.1) is 0 Å². The quantitative estimate of drug-likeness (QED) is 0.193. The van der Waals surface area contributed by atoms with Crippen LogP contribution in [-0.4, -0.2) is 23.1 Å². The maximum absolute atomic E-state index is 5.95. The third-order valence-electron chi connectivity index (χ3n) is 5.07. The highest BCUT2D eigenvalue weighted by Gasteiger charge is 2.08. The van der Waals surface area contributed by atoms with Crippen LogP contribution in [0.1, 0.15) is 23.6 Å². The topological polar surface area (TPSA) is 59.2 Å². The molecule has 2 heterocycles. The maximum atomic E-state index is 5.95. The molecule has 0 bridgehead atoms. The lowest BCUT2D eigenvalue weighted by molar-refractivity contribution is 0.269. The number of fused-ring (bicyclic) bond motifs is 1. The fourth-order valence-corrected chi connectivity index (χ4v) is 3.61. The number of hydrogen-bond acceptors (Lipinski definition) is 4. The highest BCUT2D eigenvalue weighted by molar-refractivity contribution is 6.29. The Kier molecular flexibility index (Phi) is 10.8. The number of ether oxygens (including phenoxy) is 2. The number of aromatic amines is 1. The van der Waals surface area contributed by atoms with Crippen molar-refractivity contribution in [3.05, 3.63) is 88.8 Å². The minimum absolute atomic E-state index is 0. The van der Waals surface area contributed by atoms with Crippen molar-refractivity contribution >= 4 is 47.3 Å². The van der Waals surface area contributed by atoms with Gasteiger partial charge in [0.2, 0.25) is 0 Å². The number of aromatic nitrogens is 2. The first-order valence-corrected chi connectivity index (χ1v) is 10.9. The molecular weight excluding hydrogens is 481 g/mol. The zero-order valence-corrected chi connectivity index (χ0v) is 20.7. The number of H-pyrrole nitrogens is 1. The second-order valence-corrected chi connectivity index (χ2v) is 7.67. The second-order valence-electron chi connectivity index (χ2n) is 7.28. The lowest BCUT2D eigenvalue weighted by Crippen LogP contribution is -2.16. The van der Waals surface area contributed by atoms with Crippen molar-refractivity contribution in [1.29, 1.82) is 0 Å². The highest BCUT2D eigenvalue weighted by Crippen LogP contribution is 2.29. The summed E-state index contributed by atoms with van der Waals surface area (Å²) in [5.74, 6) is 1.47. The second kappa shape index (κ2) is 13.3. The molecule has 0 aliphatic rings. The van der Waals surface area contributed by atoms with Crippen LogP contribution in [0.25, 0.3) is 10.9 Å². The Morgan fingerprint density at radius 2 is 1.79 bits per heavy atom. The van der Waals surface area contributed by atoms with Gasteiger partial charge in [0.25, 0.3) is 0 Å². The smallest absolute Gasteiger partial charge is 0.161 e. The molecule has 0 radical (unpaired) electrons. The molecule has 4 rings (SSSR count). The van der Waals surface area contributed by atoms with Gasteiger partial charge in [0, 0.05) is 35.4 Å². The fraction of sp³-hybridized carbons (Fsp3) is 0.240. The van der Waals surface area contributed by atoms with E-state index in [0.717, 1.165) is 42.1 Å². The average Bonchev–Trinajstić information content (AvgIpc) is 3.20. The van der Waals surface area contributed by atoms with Gasteiger partial charge in [-0.3, -0.25) is 0 Å². The fourth-order valence-electron chi connectivity index (χ4n) is 3.50. The van der Waals surface area contributed by atoms with Gasteiger partial charge in [0.05, 0.1) is 6.61 Å². The molecule has 2 N–H and O–H groups in total. The predicted molar refractivity (Wildman–Crippen MR) is 139 cm³/mol.